The lowest BCUT2D eigenvalue weighted by molar-refractivity contribution is 0.461. The van der Waals surface area contributed by atoms with Gasteiger partial charge in [-0.3, -0.25) is 0 Å². The summed E-state index contributed by atoms with van der Waals surface area (Å²) in [5, 5.41) is 3.46. The van der Waals surface area contributed by atoms with Crippen LogP contribution in [0.15, 0.2) is 24.5 Å². The highest BCUT2D eigenvalue weighted by Gasteiger charge is 2.28. The zero-order valence-corrected chi connectivity index (χ0v) is 13.1. The Morgan fingerprint density at radius 3 is 2.95 bits per heavy atom. The predicted molar refractivity (Wildman–Crippen MR) is 82.4 cm³/mol. The van der Waals surface area contributed by atoms with Crippen LogP contribution in [0.5, 0.6) is 0 Å². The van der Waals surface area contributed by atoms with E-state index in [0.29, 0.717) is 13.1 Å². The van der Waals surface area contributed by atoms with E-state index in [1.54, 1.807) is 0 Å². The summed E-state index contributed by atoms with van der Waals surface area (Å²) in [5.74, 6) is 0. The van der Waals surface area contributed by atoms with Gasteiger partial charge in [-0.1, -0.05) is 12.1 Å². The lowest BCUT2D eigenvalue weighted by Gasteiger charge is -2.15. The number of nitrogens with zero attached hydrogens (tertiary/aromatic N) is 3. The molecule has 0 bridgehead atoms. The fraction of sp³-hybridized carbons (Fsp3) is 0.500. The summed E-state index contributed by atoms with van der Waals surface area (Å²) in [6.45, 7) is 1.88. The first kappa shape index (κ1) is 14.5. The zero-order valence-electron chi connectivity index (χ0n) is 12.3. The molecule has 1 aromatic carbocycles. The van der Waals surface area contributed by atoms with Crippen LogP contribution in [0, 0.1) is 0 Å². The first-order valence-electron chi connectivity index (χ1n) is 7.02. The van der Waals surface area contributed by atoms with E-state index in [1.807, 2.05) is 30.1 Å². The molecule has 1 fully saturated rings. The average molecular weight is 308 g/mol. The normalized spacial score (nSPS) is 20.4. The van der Waals surface area contributed by atoms with Crippen LogP contribution in [0.2, 0.25) is 0 Å². The van der Waals surface area contributed by atoms with Crippen molar-refractivity contribution in [2.75, 3.05) is 19.3 Å². The maximum absolute atomic E-state index is 11.5. The fourth-order valence-corrected chi connectivity index (χ4v) is 3.78. The van der Waals surface area contributed by atoms with Gasteiger partial charge in [-0.25, -0.2) is 17.7 Å². The quantitative estimate of drug-likeness (QED) is 0.903. The van der Waals surface area contributed by atoms with Gasteiger partial charge in [-0.15, -0.1) is 0 Å². The molecule has 0 amide bonds. The lowest BCUT2D eigenvalue weighted by atomic mass is 10.1. The smallest absolute Gasteiger partial charge is 0.211 e. The largest absolute Gasteiger partial charge is 0.333 e. The van der Waals surface area contributed by atoms with Gasteiger partial charge in [0.05, 0.1) is 23.6 Å². The number of nitrogens with one attached hydrogen (secondary N) is 1. The number of para-hydroxylation sites is 1. The molecular formula is C14H20N4O2S. The van der Waals surface area contributed by atoms with Gasteiger partial charge in [0, 0.05) is 32.7 Å². The first-order chi connectivity index (χ1) is 9.95. The van der Waals surface area contributed by atoms with E-state index in [-0.39, 0.29) is 6.04 Å². The number of hydrogen-bond donors (Lipinski definition) is 1. The minimum atomic E-state index is -3.07. The summed E-state index contributed by atoms with van der Waals surface area (Å²) in [6, 6.07) is 6.30. The molecule has 114 valence electrons. The highest BCUT2D eigenvalue weighted by Crippen LogP contribution is 2.18. The number of aryl methyl sites for hydroxylation is 1. The molecule has 7 heteroatoms. The Kier molecular flexibility index (Phi) is 3.73. The van der Waals surface area contributed by atoms with Gasteiger partial charge in [0.1, 0.15) is 0 Å². The Morgan fingerprint density at radius 2 is 2.24 bits per heavy atom. The Balaban J connectivity index is 1.69. The molecule has 3 rings (SSSR count). The molecule has 2 heterocycles. The molecule has 1 aliphatic rings. The second-order valence-corrected chi connectivity index (χ2v) is 7.61. The Bertz CT molecular complexity index is 753. The van der Waals surface area contributed by atoms with Crippen LogP contribution >= 0.6 is 0 Å². The maximum Gasteiger partial charge on any atom is 0.211 e. The number of aromatic nitrogens is 2. The van der Waals surface area contributed by atoms with Crippen LogP contribution in [0.4, 0.5) is 0 Å². The molecule has 2 aromatic rings. The number of fused-ring (bicyclic) bond motifs is 1. The van der Waals surface area contributed by atoms with Crippen molar-refractivity contribution in [3.63, 3.8) is 0 Å². The third kappa shape index (κ3) is 2.95. The minimum Gasteiger partial charge on any atom is -0.333 e. The number of benzene rings is 1. The van der Waals surface area contributed by atoms with Gasteiger partial charge in [-0.05, 0) is 18.1 Å². The minimum absolute atomic E-state index is 0.211. The van der Waals surface area contributed by atoms with Gasteiger partial charge in [0.15, 0.2) is 0 Å². The standard InChI is InChI=1S/C14H20N4O2S/c1-17-10-16-13-5-3-4-11(14(13)17)8-15-12-6-7-18(9-12)21(2,19)20/h3-5,10,12,15H,6-9H2,1-2H3. The van der Waals surface area contributed by atoms with E-state index in [0.717, 1.165) is 24.0 Å². The van der Waals surface area contributed by atoms with E-state index in [2.05, 4.69) is 16.4 Å². The Morgan fingerprint density at radius 1 is 1.43 bits per heavy atom. The van der Waals surface area contributed by atoms with Crippen molar-refractivity contribution in [3.05, 3.63) is 30.1 Å². The van der Waals surface area contributed by atoms with Crippen molar-refractivity contribution in [1.82, 2.24) is 19.2 Å². The van der Waals surface area contributed by atoms with Crippen LogP contribution in [0.1, 0.15) is 12.0 Å². The molecule has 1 saturated heterocycles. The molecule has 0 radical (unpaired) electrons. The third-order valence-corrected chi connectivity index (χ3v) is 5.29. The van der Waals surface area contributed by atoms with Crippen LogP contribution in [0.3, 0.4) is 0 Å². The van der Waals surface area contributed by atoms with E-state index in [9.17, 15) is 8.42 Å². The molecule has 1 unspecified atom stereocenters. The molecular weight excluding hydrogens is 288 g/mol. The van der Waals surface area contributed by atoms with Gasteiger partial charge in [0.25, 0.3) is 0 Å². The van der Waals surface area contributed by atoms with Crippen molar-refractivity contribution in [3.8, 4) is 0 Å². The second kappa shape index (κ2) is 5.40. The van der Waals surface area contributed by atoms with Crippen molar-refractivity contribution in [2.45, 2.75) is 19.0 Å². The van der Waals surface area contributed by atoms with Crippen molar-refractivity contribution < 1.29 is 8.42 Å². The average Bonchev–Trinajstić information content (AvgIpc) is 3.04. The molecule has 21 heavy (non-hydrogen) atoms. The second-order valence-electron chi connectivity index (χ2n) is 5.63. The number of rotatable bonds is 4. The third-order valence-electron chi connectivity index (χ3n) is 4.02. The van der Waals surface area contributed by atoms with Crippen LogP contribution in [0.25, 0.3) is 11.0 Å². The van der Waals surface area contributed by atoms with Crippen LogP contribution < -0.4 is 5.32 Å². The van der Waals surface area contributed by atoms with Gasteiger partial charge in [0.2, 0.25) is 10.0 Å². The summed E-state index contributed by atoms with van der Waals surface area (Å²) >= 11 is 0. The van der Waals surface area contributed by atoms with Crippen LogP contribution in [-0.2, 0) is 23.6 Å². The van der Waals surface area contributed by atoms with Crippen molar-refractivity contribution in [2.24, 2.45) is 7.05 Å². The zero-order chi connectivity index (χ0) is 15.0. The summed E-state index contributed by atoms with van der Waals surface area (Å²) in [7, 11) is -1.09. The summed E-state index contributed by atoms with van der Waals surface area (Å²) in [6.07, 6.45) is 3.94. The van der Waals surface area contributed by atoms with Crippen molar-refractivity contribution >= 4 is 21.1 Å². The summed E-state index contributed by atoms with van der Waals surface area (Å²) < 4.78 is 26.6. The van der Waals surface area contributed by atoms with Crippen molar-refractivity contribution in [1.29, 1.82) is 0 Å². The molecule has 1 aromatic heterocycles. The molecule has 0 saturated carbocycles. The number of imidazole rings is 1. The lowest BCUT2D eigenvalue weighted by Crippen LogP contribution is -2.34. The van der Waals surface area contributed by atoms with Gasteiger partial charge in [-0.2, -0.15) is 0 Å². The monoisotopic (exact) mass is 308 g/mol. The molecule has 1 N–H and O–H groups in total. The molecule has 6 nitrogen and oxygen atoms in total. The first-order valence-corrected chi connectivity index (χ1v) is 8.87. The van der Waals surface area contributed by atoms with E-state index >= 15 is 0 Å². The van der Waals surface area contributed by atoms with E-state index < -0.39 is 10.0 Å². The predicted octanol–water partition coefficient (Wildman–Crippen LogP) is 0.697. The topological polar surface area (TPSA) is 67.2 Å². The van der Waals surface area contributed by atoms with Gasteiger partial charge >= 0.3 is 0 Å². The van der Waals surface area contributed by atoms with Crippen LogP contribution in [-0.4, -0.2) is 47.7 Å². The van der Waals surface area contributed by atoms with E-state index in [4.69, 9.17) is 0 Å². The molecule has 0 spiro atoms. The highest BCUT2D eigenvalue weighted by atomic mass is 32.2. The molecule has 1 atom stereocenters. The maximum atomic E-state index is 11.5. The SMILES string of the molecule is Cn1cnc2cccc(CNC3CCN(S(C)(=O)=O)C3)c21. The number of sulfonamides is 1. The highest BCUT2D eigenvalue weighted by molar-refractivity contribution is 7.88. The summed E-state index contributed by atoms with van der Waals surface area (Å²) in [4.78, 5) is 4.35. The molecule has 0 aliphatic carbocycles. The van der Waals surface area contributed by atoms with E-state index in [1.165, 1.54) is 16.1 Å². The molecule has 1 aliphatic heterocycles. The Labute approximate surface area is 124 Å². The fourth-order valence-electron chi connectivity index (χ4n) is 2.89. The van der Waals surface area contributed by atoms with Gasteiger partial charge < -0.3 is 9.88 Å². The number of hydrogen-bond acceptors (Lipinski definition) is 4. The summed E-state index contributed by atoms with van der Waals surface area (Å²) in [5.41, 5.74) is 3.30. The Hall–Kier alpha value is -1.44.